The first-order valence-corrected chi connectivity index (χ1v) is 6.72. The molecule has 2 aromatic rings. The molecule has 0 fully saturated rings. The Kier molecular flexibility index (Phi) is 3.72. The van der Waals surface area contributed by atoms with Crippen LogP contribution in [0.25, 0.3) is 11.3 Å². The van der Waals surface area contributed by atoms with Crippen molar-refractivity contribution in [3.05, 3.63) is 36.0 Å². The normalized spacial score (nSPS) is 10.6. The molecule has 0 aliphatic heterocycles. The van der Waals surface area contributed by atoms with E-state index in [0.717, 1.165) is 11.3 Å². The number of hydrogen-bond donors (Lipinski definition) is 1. The van der Waals surface area contributed by atoms with Crippen molar-refractivity contribution in [2.24, 2.45) is 7.05 Å². The molecule has 5 heteroatoms. The third kappa shape index (κ3) is 2.73. The first-order chi connectivity index (χ1) is 8.60. The van der Waals surface area contributed by atoms with Crippen molar-refractivity contribution in [1.29, 1.82) is 0 Å². The molecule has 0 atom stereocenters. The third-order valence-electron chi connectivity index (χ3n) is 2.69. The van der Waals surface area contributed by atoms with E-state index >= 15 is 0 Å². The number of thioether (sulfide) groups is 1. The number of nitrogens with zero attached hydrogens (tertiary/aromatic N) is 2. The second kappa shape index (κ2) is 5.27. The van der Waals surface area contributed by atoms with E-state index in [1.54, 1.807) is 23.5 Å². The van der Waals surface area contributed by atoms with Crippen molar-refractivity contribution in [1.82, 2.24) is 9.78 Å². The number of benzene rings is 1. The minimum atomic E-state index is -0.845. The van der Waals surface area contributed by atoms with Crippen molar-refractivity contribution in [2.75, 3.05) is 6.26 Å². The minimum Gasteiger partial charge on any atom is -0.481 e. The zero-order chi connectivity index (χ0) is 13.1. The van der Waals surface area contributed by atoms with Crippen molar-refractivity contribution >= 4 is 17.7 Å². The molecule has 0 bridgehead atoms. The van der Waals surface area contributed by atoms with Gasteiger partial charge >= 0.3 is 5.97 Å². The predicted octanol–water partition coefficient (Wildman–Crippen LogP) is 2.44. The molecule has 0 spiro atoms. The van der Waals surface area contributed by atoms with E-state index in [2.05, 4.69) is 5.10 Å². The van der Waals surface area contributed by atoms with Gasteiger partial charge in [-0.15, -0.1) is 11.8 Å². The summed E-state index contributed by atoms with van der Waals surface area (Å²) in [6, 6.07) is 9.89. The first kappa shape index (κ1) is 12.7. The summed E-state index contributed by atoms with van der Waals surface area (Å²) >= 11 is 1.69. The number of carboxylic acids is 1. The van der Waals surface area contributed by atoms with E-state index in [1.165, 1.54) is 4.90 Å². The smallest absolute Gasteiger partial charge is 0.309 e. The summed E-state index contributed by atoms with van der Waals surface area (Å²) in [5.41, 5.74) is 2.51. The molecule has 0 aliphatic carbocycles. The third-order valence-corrected chi connectivity index (χ3v) is 3.44. The quantitative estimate of drug-likeness (QED) is 0.860. The Hall–Kier alpha value is -1.75. The predicted molar refractivity (Wildman–Crippen MR) is 71.8 cm³/mol. The lowest BCUT2D eigenvalue weighted by Crippen LogP contribution is -2.05. The molecule has 1 aromatic heterocycles. The summed E-state index contributed by atoms with van der Waals surface area (Å²) in [7, 11) is 1.76. The number of hydrogen-bond acceptors (Lipinski definition) is 3. The van der Waals surface area contributed by atoms with Gasteiger partial charge in [-0.25, -0.2) is 0 Å². The summed E-state index contributed by atoms with van der Waals surface area (Å²) in [4.78, 5) is 11.9. The molecule has 4 nitrogen and oxygen atoms in total. The van der Waals surface area contributed by atoms with Crippen LogP contribution in [0.3, 0.4) is 0 Å². The topological polar surface area (TPSA) is 55.1 Å². The fraction of sp³-hybridized carbons (Fsp3) is 0.231. The summed E-state index contributed by atoms with van der Waals surface area (Å²) < 4.78 is 1.62. The van der Waals surface area contributed by atoms with Gasteiger partial charge in [0.05, 0.1) is 12.1 Å². The summed E-state index contributed by atoms with van der Waals surface area (Å²) in [5, 5.41) is 13.1. The van der Waals surface area contributed by atoms with E-state index in [0.29, 0.717) is 5.69 Å². The molecule has 94 valence electrons. The standard InChI is InChI=1S/C13H14N2O2S/c1-15-10(8-13(16)17)7-12(14-15)9-3-5-11(18-2)6-4-9/h3-7H,8H2,1-2H3,(H,16,17). The van der Waals surface area contributed by atoms with Crippen LogP contribution < -0.4 is 0 Å². The van der Waals surface area contributed by atoms with Gasteiger partial charge in [0, 0.05) is 23.2 Å². The van der Waals surface area contributed by atoms with Crippen LogP contribution in [0.15, 0.2) is 35.2 Å². The highest BCUT2D eigenvalue weighted by Gasteiger charge is 2.10. The molecule has 0 radical (unpaired) electrons. The first-order valence-electron chi connectivity index (χ1n) is 5.49. The Morgan fingerprint density at radius 1 is 1.39 bits per heavy atom. The van der Waals surface area contributed by atoms with Crippen LogP contribution in [-0.2, 0) is 18.3 Å². The Balaban J connectivity index is 2.30. The number of rotatable bonds is 4. The lowest BCUT2D eigenvalue weighted by Gasteiger charge is -1.98. The molecule has 2 rings (SSSR count). The van der Waals surface area contributed by atoms with E-state index in [-0.39, 0.29) is 6.42 Å². The second-order valence-corrected chi connectivity index (χ2v) is 4.82. The Bertz CT molecular complexity index is 561. The highest BCUT2D eigenvalue weighted by atomic mass is 32.2. The average Bonchev–Trinajstić information content (AvgIpc) is 2.70. The van der Waals surface area contributed by atoms with Crippen LogP contribution in [0.1, 0.15) is 5.69 Å². The summed E-state index contributed by atoms with van der Waals surface area (Å²) in [6.45, 7) is 0. The van der Waals surface area contributed by atoms with E-state index in [9.17, 15) is 4.79 Å². The van der Waals surface area contributed by atoms with Crippen LogP contribution in [0.5, 0.6) is 0 Å². The van der Waals surface area contributed by atoms with Gasteiger partial charge in [-0.1, -0.05) is 12.1 Å². The molecule has 1 N–H and O–H groups in total. The average molecular weight is 262 g/mol. The van der Waals surface area contributed by atoms with E-state index in [4.69, 9.17) is 5.11 Å². The maximum atomic E-state index is 10.7. The molecule has 18 heavy (non-hydrogen) atoms. The van der Waals surface area contributed by atoms with E-state index < -0.39 is 5.97 Å². The van der Waals surface area contributed by atoms with Crippen LogP contribution in [-0.4, -0.2) is 27.1 Å². The fourth-order valence-electron chi connectivity index (χ4n) is 1.73. The van der Waals surface area contributed by atoms with Gasteiger partial charge in [-0.05, 0) is 24.5 Å². The summed E-state index contributed by atoms with van der Waals surface area (Å²) in [6.07, 6.45) is 2.02. The number of aryl methyl sites for hydroxylation is 1. The maximum absolute atomic E-state index is 10.7. The Labute approximate surface area is 110 Å². The van der Waals surface area contributed by atoms with Gasteiger partial charge in [0.2, 0.25) is 0 Å². The van der Waals surface area contributed by atoms with Crippen molar-refractivity contribution in [3.8, 4) is 11.3 Å². The number of carboxylic acid groups (broad SMARTS) is 1. The SMILES string of the molecule is CSc1ccc(-c2cc(CC(=O)O)n(C)n2)cc1. The number of aliphatic carboxylic acids is 1. The van der Waals surface area contributed by atoms with Crippen molar-refractivity contribution < 1.29 is 9.90 Å². The molecule has 0 saturated carbocycles. The highest BCUT2D eigenvalue weighted by Crippen LogP contribution is 2.22. The summed E-state index contributed by atoms with van der Waals surface area (Å²) in [5.74, 6) is -0.845. The van der Waals surface area contributed by atoms with Gasteiger partial charge in [0.1, 0.15) is 0 Å². The van der Waals surface area contributed by atoms with Crippen molar-refractivity contribution in [3.63, 3.8) is 0 Å². The second-order valence-electron chi connectivity index (χ2n) is 3.94. The highest BCUT2D eigenvalue weighted by molar-refractivity contribution is 7.98. The molecule has 0 saturated heterocycles. The zero-order valence-corrected chi connectivity index (χ0v) is 11.1. The molecule has 0 unspecified atom stereocenters. The van der Waals surface area contributed by atoms with Crippen molar-refractivity contribution in [2.45, 2.75) is 11.3 Å². The van der Waals surface area contributed by atoms with Crippen LogP contribution in [0.2, 0.25) is 0 Å². The largest absolute Gasteiger partial charge is 0.481 e. The van der Waals surface area contributed by atoms with E-state index in [1.807, 2.05) is 36.6 Å². The minimum absolute atomic E-state index is 0.00754. The van der Waals surface area contributed by atoms with Gasteiger partial charge < -0.3 is 5.11 Å². The zero-order valence-electron chi connectivity index (χ0n) is 10.3. The van der Waals surface area contributed by atoms with Gasteiger partial charge in [-0.3, -0.25) is 9.48 Å². The molecule has 0 amide bonds. The van der Waals surface area contributed by atoms with Crippen LogP contribution >= 0.6 is 11.8 Å². The number of carbonyl (C=O) groups is 1. The molecule has 1 heterocycles. The van der Waals surface area contributed by atoms with Gasteiger partial charge in [-0.2, -0.15) is 5.10 Å². The number of aromatic nitrogens is 2. The van der Waals surface area contributed by atoms with Crippen LogP contribution in [0.4, 0.5) is 0 Å². The monoisotopic (exact) mass is 262 g/mol. The fourth-order valence-corrected chi connectivity index (χ4v) is 2.14. The van der Waals surface area contributed by atoms with Crippen LogP contribution in [0, 0.1) is 0 Å². The lowest BCUT2D eigenvalue weighted by molar-refractivity contribution is -0.136. The molecule has 0 aliphatic rings. The maximum Gasteiger partial charge on any atom is 0.309 e. The molecular formula is C13H14N2O2S. The molecule has 1 aromatic carbocycles. The Morgan fingerprint density at radius 2 is 2.06 bits per heavy atom. The van der Waals surface area contributed by atoms with Gasteiger partial charge in [0.25, 0.3) is 0 Å². The molecular weight excluding hydrogens is 248 g/mol. The lowest BCUT2D eigenvalue weighted by atomic mass is 10.1. The van der Waals surface area contributed by atoms with Gasteiger partial charge in [0.15, 0.2) is 0 Å². The Morgan fingerprint density at radius 3 is 2.61 bits per heavy atom.